The summed E-state index contributed by atoms with van der Waals surface area (Å²) in [5, 5.41) is 0. The van der Waals surface area contributed by atoms with Gasteiger partial charge < -0.3 is 14.7 Å². The van der Waals surface area contributed by atoms with E-state index in [2.05, 4.69) is 0 Å². The summed E-state index contributed by atoms with van der Waals surface area (Å²) in [5.74, 6) is 0. The third kappa shape index (κ3) is 79.1. The van der Waals surface area contributed by atoms with Gasteiger partial charge in [-0.3, -0.25) is 0 Å². The number of hydrogen-bond acceptors (Lipinski definition) is 1. The molecule has 0 aliphatic rings. The molecule has 0 spiro atoms. The van der Waals surface area contributed by atoms with Crippen LogP contribution in [0.2, 0.25) is 0 Å². The topological polar surface area (TPSA) is 77.8 Å². The Morgan fingerprint density at radius 3 is 1.14 bits per heavy atom. The van der Waals surface area contributed by atoms with E-state index in [1.807, 2.05) is 0 Å². The van der Waals surface area contributed by atoms with E-state index in [0.717, 1.165) is 0 Å². The van der Waals surface area contributed by atoms with Gasteiger partial charge in [-0.2, -0.15) is 0 Å². The Hall–Kier alpha value is 1.84. The molecule has 0 aliphatic carbocycles. The van der Waals surface area contributed by atoms with Crippen LogP contribution in [0, 0.1) is 35.6 Å². The maximum atomic E-state index is 8.88. The van der Waals surface area contributed by atoms with Gasteiger partial charge in [-0.15, -0.1) is 0 Å². The molecule has 0 amide bonds. The maximum absolute atomic E-state index is 8.88. The Bertz CT molecular complexity index is 57.8. The van der Waals surface area contributed by atoms with Crippen molar-refractivity contribution in [2.24, 2.45) is 0 Å². The third-order valence-electron chi connectivity index (χ3n) is 0. The minimum atomic E-state index is -4.64. The van der Waals surface area contributed by atoms with Crippen molar-refractivity contribution in [3.05, 3.63) is 0 Å². The second-order valence-corrected chi connectivity index (χ2v) is 1.54. The molecule has 0 atom stereocenters. The molecule has 0 aliphatic heterocycles. The van der Waals surface area contributed by atoms with Gasteiger partial charge >= 0.3 is 7.82 Å². The van der Waals surface area contributed by atoms with Gasteiger partial charge in [-0.25, -0.2) is 4.57 Å². The van der Waals surface area contributed by atoms with Crippen LogP contribution in [0.15, 0.2) is 0 Å². The number of hydrogen-bond donors (Lipinski definition) is 3. The van der Waals surface area contributed by atoms with Crippen molar-refractivity contribution in [1.29, 1.82) is 0 Å². The van der Waals surface area contributed by atoms with E-state index in [9.17, 15) is 0 Å². The summed E-state index contributed by atoms with van der Waals surface area (Å²) in [5.41, 5.74) is 0. The van der Waals surface area contributed by atoms with E-state index in [0.29, 0.717) is 0 Å². The van der Waals surface area contributed by atoms with E-state index in [-0.39, 0.29) is 53.0 Å². The van der Waals surface area contributed by atoms with Crippen LogP contribution < -0.4 is 0 Å². The zero-order valence-electron chi connectivity index (χ0n) is 3.35. The van der Waals surface area contributed by atoms with Crippen LogP contribution in [0.25, 0.3) is 0 Å². The average Bonchev–Trinajstić information content (AvgIpc) is 0.722. The first-order chi connectivity index (χ1) is 2.00. The molecule has 0 aromatic carbocycles. The van der Waals surface area contributed by atoms with Crippen molar-refractivity contribution in [3.8, 4) is 0 Å². The van der Waals surface area contributed by atoms with Crippen molar-refractivity contribution in [2.45, 2.75) is 0 Å². The van der Waals surface area contributed by atoms with Crippen molar-refractivity contribution in [2.75, 3.05) is 0 Å². The fourth-order valence-electron chi connectivity index (χ4n) is 0. The molecule has 0 saturated carbocycles. The maximum Gasteiger partial charge on any atom is 0.466 e. The predicted molar refractivity (Wildman–Crippen MR) is 20.0 cm³/mol. The molecule has 7 heteroatoms. The SMILES string of the molecule is O=P(O)(O)O.[Al].[La]. The Kier molecular flexibility index (Phi) is 13.6. The van der Waals surface area contributed by atoms with Crippen LogP contribution in [0.1, 0.15) is 0 Å². The molecule has 0 unspecified atom stereocenters. The minimum Gasteiger partial charge on any atom is -0.303 e. The smallest absolute Gasteiger partial charge is 0.303 e. The van der Waals surface area contributed by atoms with Gasteiger partial charge in [0.05, 0.1) is 0 Å². The van der Waals surface area contributed by atoms with Gasteiger partial charge in [0.2, 0.25) is 0 Å². The van der Waals surface area contributed by atoms with E-state index in [1.165, 1.54) is 0 Å². The summed E-state index contributed by atoms with van der Waals surface area (Å²) in [7, 11) is -4.64. The van der Waals surface area contributed by atoms with Crippen LogP contribution >= 0.6 is 7.82 Å². The van der Waals surface area contributed by atoms with Gasteiger partial charge in [0, 0.05) is 53.0 Å². The molecule has 7 heavy (non-hydrogen) atoms. The quantitative estimate of drug-likeness (QED) is 0.375. The largest absolute Gasteiger partial charge is 0.466 e. The Balaban J connectivity index is -0.0000000800. The van der Waals surface area contributed by atoms with Gasteiger partial charge in [-0.05, 0) is 0 Å². The summed E-state index contributed by atoms with van der Waals surface area (Å²) in [4.78, 5) is 21.6. The molecule has 4 radical (unpaired) electrons. The van der Waals surface area contributed by atoms with Crippen molar-refractivity contribution in [3.63, 3.8) is 0 Å². The summed E-state index contributed by atoms with van der Waals surface area (Å²) >= 11 is 0. The molecule has 0 saturated heterocycles. The summed E-state index contributed by atoms with van der Waals surface area (Å²) in [6.45, 7) is 0. The zero-order valence-corrected chi connectivity index (χ0v) is 9.03. The van der Waals surface area contributed by atoms with E-state index in [4.69, 9.17) is 19.2 Å². The van der Waals surface area contributed by atoms with Crippen LogP contribution in [0.4, 0.5) is 0 Å². The van der Waals surface area contributed by atoms with Crippen molar-refractivity contribution < 1.29 is 54.8 Å². The van der Waals surface area contributed by atoms with Gasteiger partial charge in [0.25, 0.3) is 0 Å². The van der Waals surface area contributed by atoms with Crippen LogP contribution in [0.5, 0.6) is 0 Å². The molecule has 0 bridgehead atoms. The summed E-state index contributed by atoms with van der Waals surface area (Å²) < 4.78 is 8.88. The molecule has 0 fully saturated rings. The van der Waals surface area contributed by atoms with Crippen LogP contribution in [-0.2, 0) is 4.57 Å². The fourth-order valence-corrected chi connectivity index (χ4v) is 0. The van der Waals surface area contributed by atoms with E-state index >= 15 is 0 Å². The Morgan fingerprint density at radius 1 is 1.14 bits per heavy atom. The first-order valence-electron chi connectivity index (χ1n) is 0.783. The van der Waals surface area contributed by atoms with E-state index in [1.54, 1.807) is 0 Å². The Labute approximate surface area is 79.3 Å². The molecule has 38 valence electrons. The molecule has 0 heterocycles. The molecular formula is H3AlLaO4P. The fraction of sp³-hybridized carbons (Fsp3) is 0. The van der Waals surface area contributed by atoms with Crippen LogP contribution in [-0.4, -0.2) is 32.0 Å². The average molecular weight is 264 g/mol. The first kappa shape index (κ1) is 15.9. The van der Waals surface area contributed by atoms with Crippen LogP contribution in [0.3, 0.4) is 0 Å². The van der Waals surface area contributed by atoms with Crippen molar-refractivity contribution >= 4 is 25.2 Å². The number of rotatable bonds is 0. The standard InChI is InChI=1S/Al.La.H3O4P/c;;1-5(2,3)4/h;;(H3,1,2,3,4). The van der Waals surface area contributed by atoms with E-state index < -0.39 is 7.82 Å². The monoisotopic (exact) mass is 264 g/mol. The summed E-state index contributed by atoms with van der Waals surface area (Å²) in [6.07, 6.45) is 0. The first-order valence-corrected chi connectivity index (χ1v) is 2.35. The molecule has 0 aromatic rings. The van der Waals surface area contributed by atoms with Gasteiger partial charge in [-0.1, -0.05) is 0 Å². The Morgan fingerprint density at radius 2 is 1.14 bits per heavy atom. The number of phosphoric acid groups is 1. The zero-order chi connectivity index (χ0) is 4.50. The molecule has 0 aromatic heterocycles. The minimum absolute atomic E-state index is 0. The molecule has 4 nitrogen and oxygen atoms in total. The second kappa shape index (κ2) is 5.96. The third-order valence-corrected chi connectivity index (χ3v) is 0. The summed E-state index contributed by atoms with van der Waals surface area (Å²) in [6, 6.07) is 0. The van der Waals surface area contributed by atoms with Gasteiger partial charge in [0.1, 0.15) is 0 Å². The predicted octanol–water partition coefficient (Wildman–Crippen LogP) is -1.31. The molecule has 0 rings (SSSR count). The molecule has 3 N–H and O–H groups in total. The normalized spacial score (nSPS) is 8.43. The second-order valence-electron chi connectivity index (χ2n) is 0.513. The molecular weight excluding hydrogens is 261 g/mol. The van der Waals surface area contributed by atoms with Gasteiger partial charge in [0.15, 0.2) is 0 Å². The van der Waals surface area contributed by atoms with Crippen molar-refractivity contribution in [1.82, 2.24) is 0 Å².